The molecule has 1 unspecified atom stereocenters. The normalized spacial score (nSPS) is 16.5. The molecule has 0 aliphatic carbocycles. The van der Waals surface area contributed by atoms with Crippen LogP contribution in [0.1, 0.15) is 43.9 Å². The quantitative estimate of drug-likeness (QED) is 0.586. The molecule has 1 saturated heterocycles. The first-order chi connectivity index (χ1) is 15.1. The number of nitrogens with zero attached hydrogens (tertiary/aromatic N) is 5. The van der Waals surface area contributed by atoms with E-state index in [0.717, 1.165) is 30.7 Å². The molecule has 3 heterocycles. The van der Waals surface area contributed by atoms with Crippen molar-refractivity contribution in [2.75, 3.05) is 23.3 Å². The van der Waals surface area contributed by atoms with Crippen molar-refractivity contribution in [2.45, 2.75) is 46.0 Å². The second kappa shape index (κ2) is 9.51. The Balaban J connectivity index is 1.43. The summed E-state index contributed by atoms with van der Waals surface area (Å²) in [6.45, 7) is 5.14. The number of rotatable bonds is 7. The molecular formula is C21H25FN6O2S. The van der Waals surface area contributed by atoms with Crippen LogP contribution in [-0.2, 0) is 17.6 Å². The fourth-order valence-electron chi connectivity index (χ4n) is 3.65. The molecule has 2 aromatic heterocycles. The zero-order valence-electron chi connectivity index (χ0n) is 17.6. The van der Waals surface area contributed by atoms with E-state index < -0.39 is 0 Å². The van der Waals surface area contributed by atoms with Gasteiger partial charge in [-0.2, -0.15) is 4.98 Å². The topological polar surface area (TPSA) is 97.0 Å². The maximum absolute atomic E-state index is 14.9. The van der Waals surface area contributed by atoms with Crippen LogP contribution < -0.4 is 10.2 Å². The Hall–Kier alpha value is -2.88. The van der Waals surface area contributed by atoms with E-state index in [1.807, 2.05) is 11.8 Å². The number of aromatic nitrogens is 4. The lowest BCUT2D eigenvalue weighted by atomic mass is 9.96. The van der Waals surface area contributed by atoms with Crippen molar-refractivity contribution in [2.24, 2.45) is 5.92 Å². The molecule has 4 rings (SSSR count). The summed E-state index contributed by atoms with van der Waals surface area (Å²) in [4.78, 5) is 18.9. The fourth-order valence-corrected chi connectivity index (χ4v) is 4.49. The van der Waals surface area contributed by atoms with Crippen molar-refractivity contribution < 1.29 is 13.7 Å². The predicted octanol–water partition coefficient (Wildman–Crippen LogP) is 4.10. The van der Waals surface area contributed by atoms with Crippen molar-refractivity contribution in [3.63, 3.8) is 0 Å². The number of carbonyl (C=O) groups is 1. The Morgan fingerprint density at radius 3 is 2.97 bits per heavy atom. The number of carbonyl (C=O) groups excluding carboxylic acids is 1. The Morgan fingerprint density at radius 1 is 1.35 bits per heavy atom. The van der Waals surface area contributed by atoms with E-state index in [0.29, 0.717) is 47.6 Å². The number of amides is 1. The van der Waals surface area contributed by atoms with E-state index in [2.05, 4.69) is 32.6 Å². The van der Waals surface area contributed by atoms with E-state index in [1.165, 1.54) is 17.4 Å². The summed E-state index contributed by atoms with van der Waals surface area (Å²) in [5, 5.41) is 16.3. The largest absolute Gasteiger partial charge is 0.368 e. The lowest BCUT2D eigenvalue weighted by Crippen LogP contribution is -2.41. The summed E-state index contributed by atoms with van der Waals surface area (Å²) in [5.74, 6) is 0.177. The van der Waals surface area contributed by atoms with Crippen LogP contribution in [0.5, 0.6) is 0 Å². The first kappa shape index (κ1) is 21.4. The highest BCUT2D eigenvalue weighted by Crippen LogP contribution is 2.30. The van der Waals surface area contributed by atoms with E-state index in [-0.39, 0.29) is 17.6 Å². The van der Waals surface area contributed by atoms with Gasteiger partial charge >= 0.3 is 0 Å². The molecule has 164 valence electrons. The smallest absolute Gasteiger partial charge is 0.258 e. The first-order valence-electron chi connectivity index (χ1n) is 10.6. The van der Waals surface area contributed by atoms with Gasteiger partial charge < -0.3 is 14.7 Å². The number of aryl methyl sites for hydroxylation is 2. The van der Waals surface area contributed by atoms with Crippen LogP contribution in [0.4, 0.5) is 15.2 Å². The van der Waals surface area contributed by atoms with Gasteiger partial charge in [0.25, 0.3) is 5.89 Å². The zero-order chi connectivity index (χ0) is 21.8. The third kappa shape index (κ3) is 4.90. The van der Waals surface area contributed by atoms with E-state index in [1.54, 1.807) is 12.1 Å². The van der Waals surface area contributed by atoms with Gasteiger partial charge in [0.15, 0.2) is 5.82 Å². The average Bonchev–Trinajstić information content (AvgIpc) is 3.43. The summed E-state index contributed by atoms with van der Waals surface area (Å²) in [7, 11) is 0. The molecule has 10 heteroatoms. The highest BCUT2D eigenvalue weighted by Gasteiger charge is 2.28. The molecule has 1 amide bonds. The first-order valence-corrected chi connectivity index (χ1v) is 11.4. The lowest BCUT2D eigenvalue weighted by molar-refractivity contribution is -0.120. The maximum atomic E-state index is 14.9. The van der Waals surface area contributed by atoms with Crippen LogP contribution in [0.15, 0.2) is 22.7 Å². The second-order valence-electron chi connectivity index (χ2n) is 7.56. The SMILES string of the molecule is CCCc1nnc(NC(=O)C2CCCN(c3ccc(-c4nc(CC)no4)cc3F)C2)s1. The lowest BCUT2D eigenvalue weighted by Gasteiger charge is -2.33. The molecule has 1 atom stereocenters. The molecule has 0 saturated carbocycles. The van der Waals surface area contributed by atoms with E-state index in [9.17, 15) is 9.18 Å². The molecule has 1 fully saturated rings. The van der Waals surface area contributed by atoms with Gasteiger partial charge in [-0.3, -0.25) is 4.79 Å². The van der Waals surface area contributed by atoms with Crippen LogP contribution in [0.3, 0.4) is 0 Å². The minimum absolute atomic E-state index is 0.0983. The molecule has 1 aromatic carbocycles. The van der Waals surface area contributed by atoms with Crippen LogP contribution in [0, 0.1) is 11.7 Å². The van der Waals surface area contributed by atoms with Crippen LogP contribution in [-0.4, -0.2) is 39.3 Å². The highest BCUT2D eigenvalue weighted by molar-refractivity contribution is 7.15. The van der Waals surface area contributed by atoms with Gasteiger partial charge in [0.2, 0.25) is 11.0 Å². The number of halogens is 1. The Labute approximate surface area is 183 Å². The summed E-state index contributed by atoms with van der Waals surface area (Å²) in [6, 6.07) is 4.89. The molecule has 8 nitrogen and oxygen atoms in total. The fraction of sp³-hybridized carbons (Fsp3) is 0.476. The molecule has 1 aliphatic heterocycles. The third-order valence-electron chi connectivity index (χ3n) is 5.27. The molecule has 1 N–H and O–H groups in total. The summed E-state index contributed by atoms with van der Waals surface area (Å²) >= 11 is 1.40. The van der Waals surface area contributed by atoms with Crippen molar-refractivity contribution in [1.29, 1.82) is 0 Å². The van der Waals surface area contributed by atoms with Crippen molar-refractivity contribution in [3.05, 3.63) is 34.8 Å². The molecule has 0 radical (unpaired) electrons. The van der Waals surface area contributed by atoms with Gasteiger partial charge in [-0.05, 0) is 37.5 Å². The van der Waals surface area contributed by atoms with Gasteiger partial charge in [-0.25, -0.2) is 4.39 Å². The predicted molar refractivity (Wildman–Crippen MR) is 117 cm³/mol. The number of piperidine rings is 1. The number of hydrogen-bond donors (Lipinski definition) is 1. The monoisotopic (exact) mass is 444 g/mol. The minimum atomic E-state index is -0.372. The summed E-state index contributed by atoms with van der Waals surface area (Å²) in [5.41, 5.74) is 1.01. The van der Waals surface area contributed by atoms with Gasteiger partial charge in [0.05, 0.1) is 11.6 Å². The van der Waals surface area contributed by atoms with E-state index >= 15 is 0 Å². The van der Waals surface area contributed by atoms with Crippen molar-refractivity contribution >= 4 is 28.1 Å². The van der Waals surface area contributed by atoms with E-state index in [4.69, 9.17) is 4.52 Å². The zero-order valence-corrected chi connectivity index (χ0v) is 18.4. The Morgan fingerprint density at radius 2 is 2.23 bits per heavy atom. The molecular weight excluding hydrogens is 419 g/mol. The van der Waals surface area contributed by atoms with Gasteiger partial charge in [0.1, 0.15) is 10.8 Å². The summed E-state index contributed by atoms with van der Waals surface area (Å²) in [6.07, 6.45) is 4.04. The van der Waals surface area contributed by atoms with Gasteiger partial charge in [-0.1, -0.05) is 30.3 Å². The second-order valence-corrected chi connectivity index (χ2v) is 8.62. The van der Waals surface area contributed by atoms with Crippen LogP contribution >= 0.6 is 11.3 Å². The number of anilines is 2. The average molecular weight is 445 g/mol. The minimum Gasteiger partial charge on any atom is -0.368 e. The number of hydrogen-bond acceptors (Lipinski definition) is 8. The maximum Gasteiger partial charge on any atom is 0.258 e. The number of nitrogens with one attached hydrogen (secondary N) is 1. The molecule has 0 bridgehead atoms. The van der Waals surface area contributed by atoms with Crippen LogP contribution in [0.2, 0.25) is 0 Å². The van der Waals surface area contributed by atoms with Crippen molar-refractivity contribution in [3.8, 4) is 11.5 Å². The molecule has 3 aromatic rings. The van der Waals surface area contributed by atoms with Gasteiger partial charge in [-0.15, -0.1) is 10.2 Å². The van der Waals surface area contributed by atoms with Crippen molar-refractivity contribution in [1.82, 2.24) is 20.3 Å². The Kier molecular flexibility index (Phi) is 6.55. The molecule has 0 spiro atoms. The summed E-state index contributed by atoms with van der Waals surface area (Å²) < 4.78 is 20.1. The Bertz CT molecular complexity index is 1050. The third-order valence-corrected chi connectivity index (χ3v) is 6.17. The highest BCUT2D eigenvalue weighted by atomic mass is 32.1. The number of benzene rings is 1. The standard InChI is InChI=1S/C21H25FN6O2S/c1-3-6-18-25-26-21(31-18)24-19(29)14-7-5-10-28(12-14)16-9-8-13(11-15(16)22)20-23-17(4-2)27-30-20/h8-9,11,14H,3-7,10,12H2,1-2H3,(H,24,26,29). The van der Waals surface area contributed by atoms with Gasteiger partial charge in [0, 0.05) is 31.5 Å². The molecule has 31 heavy (non-hydrogen) atoms. The van der Waals surface area contributed by atoms with Crippen LogP contribution in [0.25, 0.3) is 11.5 Å². The molecule has 1 aliphatic rings.